The van der Waals surface area contributed by atoms with Gasteiger partial charge in [-0.1, -0.05) is 41.9 Å². The summed E-state index contributed by atoms with van der Waals surface area (Å²) in [5.41, 5.74) is 2.50. The van der Waals surface area contributed by atoms with Gasteiger partial charge in [-0.05, 0) is 42.5 Å². The number of hydrogen-bond acceptors (Lipinski definition) is 4. The van der Waals surface area contributed by atoms with Crippen molar-refractivity contribution >= 4 is 63.2 Å². The van der Waals surface area contributed by atoms with E-state index >= 15 is 0 Å². The average Bonchev–Trinajstić information content (AvgIpc) is 2.99. The summed E-state index contributed by atoms with van der Waals surface area (Å²) in [7, 11) is 3.98. The van der Waals surface area contributed by atoms with Gasteiger partial charge in [0.2, 0.25) is 0 Å². The third kappa shape index (κ3) is 4.89. The number of carbonyl (C=O) groups is 1. The molecule has 1 saturated heterocycles. The lowest BCUT2D eigenvalue weighted by atomic mass is 10.3. The van der Waals surface area contributed by atoms with Crippen molar-refractivity contribution in [3.05, 3.63) is 52.5 Å². The molecule has 0 spiro atoms. The topological polar surface area (TPSA) is 47.9 Å². The van der Waals surface area contributed by atoms with E-state index in [9.17, 15) is 4.79 Å². The van der Waals surface area contributed by atoms with Crippen molar-refractivity contribution in [2.75, 3.05) is 30.9 Å². The first-order chi connectivity index (χ1) is 12.8. The van der Waals surface area contributed by atoms with Crippen LogP contribution in [0, 0.1) is 0 Å². The molecular formula is C19H20Cl2N4OS. The minimum atomic E-state index is -0.242. The number of halogens is 2. The van der Waals surface area contributed by atoms with Crippen molar-refractivity contribution in [2.24, 2.45) is 4.99 Å². The molecule has 1 unspecified atom stereocenters. The Hall–Kier alpha value is -1.89. The molecule has 1 aliphatic heterocycles. The normalized spacial score (nSPS) is 18.0. The van der Waals surface area contributed by atoms with E-state index in [-0.39, 0.29) is 11.3 Å². The lowest BCUT2D eigenvalue weighted by Crippen LogP contribution is -2.36. The van der Waals surface area contributed by atoms with Gasteiger partial charge in [-0.2, -0.15) is 0 Å². The van der Waals surface area contributed by atoms with Crippen LogP contribution in [-0.4, -0.2) is 42.0 Å². The zero-order valence-corrected chi connectivity index (χ0v) is 17.6. The fraction of sp³-hybridized carbons (Fsp3) is 0.263. The number of urea groups is 1. The number of aliphatic imine (C=N–C) groups is 1. The number of benzene rings is 2. The van der Waals surface area contributed by atoms with Crippen molar-refractivity contribution in [3.63, 3.8) is 0 Å². The first-order valence-corrected chi connectivity index (χ1v) is 10.0. The molecule has 0 saturated carbocycles. The van der Waals surface area contributed by atoms with Crippen LogP contribution in [0.1, 0.15) is 6.92 Å². The van der Waals surface area contributed by atoms with E-state index in [2.05, 4.69) is 17.2 Å². The molecule has 8 heteroatoms. The standard InChI is InChI=1S/C19H20Cl2N4OS/c1-12-11-25(18(26)22-14-6-9-16(20)17(21)10-14)19(27-12)23-13-4-7-15(8-5-13)24(2)3/h4-10,12H,11H2,1-3H3,(H,22,26). The van der Waals surface area contributed by atoms with Gasteiger partial charge in [0.05, 0.1) is 15.7 Å². The number of amides is 2. The molecule has 2 amide bonds. The van der Waals surface area contributed by atoms with Gasteiger partial charge in [0.1, 0.15) is 0 Å². The highest BCUT2D eigenvalue weighted by Crippen LogP contribution is 2.30. The predicted molar refractivity (Wildman–Crippen MR) is 117 cm³/mol. The monoisotopic (exact) mass is 422 g/mol. The van der Waals surface area contributed by atoms with E-state index in [1.54, 1.807) is 34.9 Å². The van der Waals surface area contributed by atoms with Gasteiger partial charge in [0.15, 0.2) is 5.17 Å². The number of carbonyl (C=O) groups excluding carboxylic acids is 1. The summed E-state index contributed by atoms with van der Waals surface area (Å²) in [6.45, 7) is 2.66. The van der Waals surface area contributed by atoms with Crippen molar-refractivity contribution in [1.82, 2.24) is 4.90 Å². The molecule has 142 valence electrons. The second-order valence-electron chi connectivity index (χ2n) is 6.40. The van der Waals surface area contributed by atoms with Crippen LogP contribution in [-0.2, 0) is 0 Å². The fourth-order valence-electron chi connectivity index (χ4n) is 2.57. The number of nitrogens with one attached hydrogen (secondary N) is 1. The van der Waals surface area contributed by atoms with Crippen LogP contribution >= 0.6 is 35.0 Å². The van der Waals surface area contributed by atoms with E-state index in [0.717, 1.165) is 11.4 Å². The van der Waals surface area contributed by atoms with Gasteiger partial charge < -0.3 is 10.2 Å². The third-order valence-electron chi connectivity index (χ3n) is 3.98. The molecular weight excluding hydrogens is 403 g/mol. The lowest BCUT2D eigenvalue weighted by molar-refractivity contribution is 0.235. The van der Waals surface area contributed by atoms with E-state index in [0.29, 0.717) is 27.4 Å². The first kappa shape index (κ1) is 19.9. The van der Waals surface area contributed by atoms with Gasteiger partial charge in [0, 0.05) is 37.3 Å². The highest BCUT2D eigenvalue weighted by molar-refractivity contribution is 8.14. The molecule has 1 fully saturated rings. The van der Waals surface area contributed by atoms with Crippen LogP contribution < -0.4 is 10.2 Å². The largest absolute Gasteiger partial charge is 0.378 e. The molecule has 1 N–H and O–H groups in total. The summed E-state index contributed by atoms with van der Waals surface area (Å²) < 4.78 is 0. The van der Waals surface area contributed by atoms with Gasteiger partial charge in [-0.25, -0.2) is 9.79 Å². The SMILES string of the molecule is CC1CN(C(=O)Nc2ccc(Cl)c(Cl)c2)C(=Nc2ccc(N(C)C)cc2)S1. The maximum absolute atomic E-state index is 12.7. The Morgan fingerprint density at radius 2 is 1.89 bits per heavy atom. The van der Waals surface area contributed by atoms with Crippen LogP contribution in [0.15, 0.2) is 47.5 Å². The zero-order chi connectivity index (χ0) is 19.6. The molecule has 3 rings (SSSR count). The maximum atomic E-state index is 12.7. The van der Waals surface area contributed by atoms with Crippen LogP contribution in [0.4, 0.5) is 21.9 Å². The summed E-state index contributed by atoms with van der Waals surface area (Å²) >= 11 is 13.5. The Labute approximate surface area is 173 Å². The van der Waals surface area contributed by atoms with Crippen molar-refractivity contribution in [2.45, 2.75) is 12.2 Å². The highest BCUT2D eigenvalue weighted by Gasteiger charge is 2.31. The summed E-state index contributed by atoms with van der Waals surface area (Å²) in [4.78, 5) is 21.1. The number of hydrogen-bond donors (Lipinski definition) is 1. The van der Waals surface area contributed by atoms with Crippen molar-refractivity contribution in [3.8, 4) is 0 Å². The van der Waals surface area contributed by atoms with Gasteiger partial charge >= 0.3 is 6.03 Å². The quantitative estimate of drug-likeness (QED) is 0.687. The molecule has 2 aromatic rings. The summed E-state index contributed by atoms with van der Waals surface area (Å²) in [5.74, 6) is 0. The number of rotatable bonds is 3. The van der Waals surface area contributed by atoms with Crippen LogP contribution in [0.5, 0.6) is 0 Å². The van der Waals surface area contributed by atoms with Gasteiger partial charge in [0.25, 0.3) is 0 Å². The van der Waals surface area contributed by atoms with E-state index < -0.39 is 0 Å². The molecule has 1 aliphatic rings. The second kappa shape index (κ2) is 8.42. The number of nitrogens with zero attached hydrogens (tertiary/aromatic N) is 3. The Balaban J connectivity index is 1.78. The maximum Gasteiger partial charge on any atom is 0.327 e. The van der Waals surface area contributed by atoms with E-state index in [1.165, 1.54) is 0 Å². The lowest BCUT2D eigenvalue weighted by Gasteiger charge is -2.17. The summed E-state index contributed by atoms with van der Waals surface area (Å²) in [6, 6.07) is 12.7. The minimum Gasteiger partial charge on any atom is -0.378 e. The Morgan fingerprint density at radius 1 is 1.19 bits per heavy atom. The minimum absolute atomic E-state index is 0.242. The first-order valence-electron chi connectivity index (χ1n) is 8.40. The van der Waals surface area contributed by atoms with Gasteiger partial charge in [-0.3, -0.25) is 4.90 Å². The molecule has 0 radical (unpaired) electrons. The molecule has 27 heavy (non-hydrogen) atoms. The predicted octanol–water partition coefficient (Wildman–Crippen LogP) is 5.72. The van der Waals surface area contributed by atoms with Crippen LogP contribution in [0.25, 0.3) is 0 Å². The number of thioether (sulfide) groups is 1. The zero-order valence-electron chi connectivity index (χ0n) is 15.2. The van der Waals surface area contributed by atoms with Crippen LogP contribution in [0.3, 0.4) is 0 Å². The Morgan fingerprint density at radius 3 is 2.52 bits per heavy atom. The summed E-state index contributed by atoms with van der Waals surface area (Å²) in [6.07, 6.45) is 0. The number of amidine groups is 1. The average molecular weight is 423 g/mol. The molecule has 0 bridgehead atoms. The molecule has 5 nitrogen and oxygen atoms in total. The highest BCUT2D eigenvalue weighted by atomic mass is 35.5. The molecule has 2 aromatic carbocycles. The van der Waals surface area contributed by atoms with Crippen LogP contribution in [0.2, 0.25) is 10.0 Å². The summed E-state index contributed by atoms with van der Waals surface area (Å²) in [5, 5.41) is 4.65. The molecule has 1 atom stereocenters. The van der Waals surface area contributed by atoms with Crippen molar-refractivity contribution < 1.29 is 4.79 Å². The molecule has 0 aliphatic carbocycles. The second-order valence-corrected chi connectivity index (χ2v) is 8.62. The van der Waals surface area contributed by atoms with E-state index in [1.807, 2.05) is 43.3 Å². The smallest absolute Gasteiger partial charge is 0.327 e. The number of anilines is 2. The Kier molecular flexibility index (Phi) is 6.19. The third-order valence-corrected chi connectivity index (χ3v) is 5.80. The fourth-order valence-corrected chi connectivity index (χ4v) is 3.90. The van der Waals surface area contributed by atoms with Gasteiger partial charge in [-0.15, -0.1) is 0 Å². The Bertz CT molecular complexity index is 871. The molecule has 1 heterocycles. The van der Waals surface area contributed by atoms with Crippen molar-refractivity contribution in [1.29, 1.82) is 0 Å². The van der Waals surface area contributed by atoms with E-state index in [4.69, 9.17) is 23.2 Å². The molecule has 0 aromatic heterocycles.